The van der Waals surface area contributed by atoms with Gasteiger partial charge in [0.1, 0.15) is 11.7 Å². The maximum Gasteiger partial charge on any atom is 0.344 e. The standard InChI is InChI=1S/C23H30NO2/c1-17(2)21-12-11-18(3)14-22(21)26-23(25)20-10-7-13-24(16-20)15-19-8-5-4-6-9-19/h4-10,13,16-18,21-22H,11-12,14-15H2,1-3H3/q+1/t18-,21+,22-/m1/s1. The fourth-order valence-electron chi connectivity index (χ4n) is 3.99. The van der Waals surface area contributed by atoms with Crippen molar-refractivity contribution >= 4 is 5.97 Å². The first-order chi connectivity index (χ1) is 12.5. The van der Waals surface area contributed by atoms with Crippen molar-refractivity contribution in [1.29, 1.82) is 0 Å². The number of hydrogen-bond donors (Lipinski definition) is 0. The van der Waals surface area contributed by atoms with Crippen molar-refractivity contribution in [1.82, 2.24) is 0 Å². The zero-order valence-corrected chi connectivity index (χ0v) is 16.1. The molecule has 1 fully saturated rings. The molecule has 3 nitrogen and oxygen atoms in total. The molecule has 0 spiro atoms. The summed E-state index contributed by atoms with van der Waals surface area (Å²) in [4.78, 5) is 12.8. The Hall–Kier alpha value is -2.16. The van der Waals surface area contributed by atoms with Crippen LogP contribution >= 0.6 is 0 Å². The number of carbonyl (C=O) groups is 1. The maximum absolute atomic E-state index is 12.8. The number of benzene rings is 1. The van der Waals surface area contributed by atoms with Crippen LogP contribution in [0.2, 0.25) is 0 Å². The van der Waals surface area contributed by atoms with Crippen molar-refractivity contribution in [3.05, 3.63) is 66.0 Å². The van der Waals surface area contributed by atoms with Gasteiger partial charge in [0.15, 0.2) is 18.9 Å². The molecule has 3 heteroatoms. The molecule has 0 unspecified atom stereocenters. The summed E-state index contributed by atoms with van der Waals surface area (Å²) in [6, 6.07) is 14.0. The smallest absolute Gasteiger partial charge is 0.344 e. The first-order valence-corrected chi connectivity index (χ1v) is 9.77. The van der Waals surface area contributed by atoms with Gasteiger partial charge in [0.05, 0.1) is 0 Å². The molecule has 3 rings (SSSR count). The second kappa shape index (κ2) is 8.48. The molecular weight excluding hydrogens is 322 g/mol. The van der Waals surface area contributed by atoms with Gasteiger partial charge in [-0.25, -0.2) is 4.79 Å². The van der Waals surface area contributed by atoms with E-state index in [-0.39, 0.29) is 12.1 Å². The summed E-state index contributed by atoms with van der Waals surface area (Å²) in [5.74, 6) is 1.44. The molecule has 3 atom stereocenters. The van der Waals surface area contributed by atoms with Crippen LogP contribution in [0.15, 0.2) is 54.9 Å². The maximum atomic E-state index is 12.8. The van der Waals surface area contributed by atoms with Gasteiger partial charge in [0, 0.05) is 11.6 Å². The van der Waals surface area contributed by atoms with Crippen molar-refractivity contribution in [2.75, 3.05) is 0 Å². The third-order valence-electron chi connectivity index (χ3n) is 5.52. The summed E-state index contributed by atoms with van der Waals surface area (Å²) in [5, 5.41) is 0. The molecule has 0 amide bonds. The Morgan fingerprint density at radius 3 is 2.65 bits per heavy atom. The Balaban J connectivity index is 1.70. The van der Waals surface area contributed by atoms with Crippen LogP contribution in [0.1, 0.15) is 56.0 Å². The molecule has 0 aliphatic heterocycles. The fraction of sp³-hybridized carbons (Fsp3) is 0.478. The largest absolute Gasteiger partial charge is 0.458 e. The minimum absolute atomic E-state index is 0.0361. The molecule has 0 bridgehead atoms. The Morgan fingerprint density at radius 1 is 1.15 bits per heavy atom. The van der Waals surface area contributed by atoms with E-state index in [9.17, 15) is 4.79 Å². The lowest BCUT2D eigenvalue weighted by molar-refractivity contribution is -0.688. The van der Waals surface area contributed by atoms with E-state index in [1.165, 1.54) is 12.0 Å². The van der Waals surface area contributed by atoms with Gasteiger partial charge in [0.25, 0.3) is 0 Å². The number of rotatable bonds is 5. The van der Waals surface area contributed by atoms with Crippen LogP contribution in [-0.2, 0) is 11.3 Å². The van der Waals surface area contributed by atoms with Crippen LogP contribution in [0.4, 0.5) is 0 Å². The lowest BCUT2D eigenvalue weighted by atomic mass is 9.75. The predicted molar refractivity (Wildman–Crippen MR) is 103 cm³/mol. The minimum Gasteiger partial charge on any atom is -0.458 e. The number of carbonyl (C=O) groups excluding carboxylic acids is 1. The molecule has 0 saturated heterocycles. The number of nitrogens with zero attached hydrogens (tertiary/aromatic N) is 1. The zero-order valence-electron chi connectivity index (χ0n) is 16.1. The molecule has 0 radical (unpaired) electrons. The molecule has 1 aromatic heterocycles. The van der Waals surface area contributed by atoms with Gasteiger partial charge in [-0.1, -0.05) is 57.5 Å². The average Bonchev–Trinajstić information content (AvgIpc) is 2.62. The second-order valence-corrected chi connectivity index (χ2v) is 8.02. The van der Waals surface area contributed by atoms with E-state index in [0.29, 0.717) is 23.3 Å². The van der Waals surface area contributed by atoms with Gasteiger partial charge in [-0.3, -0.25) is 0 Å². The van der Waals surface area contributed by atoms with E-state index < -0.39 is 0 Å². The van der Waals surface area contributed by atoms with E-state index in [4.69, 9.17) is 4.74 Å². The number of esters is 1. The van der Waals surface area contributed by atoms with Crippen molar-refractivity contribution in [2.45, 2.75) is 52.7 Å². The molecule has 26 heavy (non-hydrogen) atoms. The number of hydrogen-bond acceptors (Lipinski definition) is 2. The van der Waals surface area contributed by atoms with E-state index in [0.717, 1.165) is 19.4 Å². The zero-order chi connectivity index (χ0) is 18.5. The van der Waals surface area contributed by atoms with Gasteiger partial charge in [-0.15, -0.1) is 0 Å². The third kappa shape index (κ3) is 4.72. The Bertz CT molecular complexity index is 726. The Morgan fingerprint density at radius 2 is 1.92 bits per heavy atom. The summed E-state index contributed by atoms with van der Waals surface area (Å²) in [5.41, 5.74) is 1.84. The molecule has 1 saturated carbocycles. The van der Waals surface area contributed by atoms with Crippen LogP contribution < -0.4 is 4.57 Å². The van der Waals surface area contributed by atoms with E-state index in [1.807, 2.05) is 47.3 Å². The topological polar surface area (TPSA) is 30.2 Å². The van der Waals surface area contributed by atoms with Crippen LogP contribution in [0.5, 0.6) is 0 Å². The van der Waals surface area contributed by atoms with Crippen molar-refractivity contribution in [2.24, 2.45) is 17.8 Å². The summed E-state index contributed by atoms with van der Waals surface area (Å²) < 4.78 is 8.01. The molecular formula is C23H30NO2+. The van der Waals surface area contributed by atoms with Gasteiger partial charge in [0.2, 0.25) is 0 Å². The average molecular weight is 352 g/mol. The molecule has 1 heterocycles. The summed E-state index contributed by atoms with van der Waals surface area (Å²) in [6.07, 6.45) is 7.29. The van der Waals surface area contributed by atoms with Crippen LogP contribution in [0.25, 0.3) is 0 Å². The molecule has 0 N–H and O–H groups in total. The van der Waals surface area contributed by atoms with Gasteiger partial charge in [-0.2, -0.15) is 4.57 Å². The van der Waals surface area contributed by atoms with Crippen molar-refractivity contribution in [3.63, 3.8) is 0 Å². The lowest BCUT2D eigenvalue weighted by Crippen LogP contribution is -2.37. The molecule has 1 aliphatic carbocycles. The lowest BCUT2D eigenvalue weighted by Gasteiger charge is -2.36. The first-order valence-electron chi connectivity index (χ1n) is 9.77. The van der Waals surface area contributed by atoms with E-state index >= 15 is 0 Å². The predicted octanol–water partition coefficient (Wildman–Crippen LogP) is 4.64. The summed E-state index contributed by atoms with van der Waals surface area (Å²) in [6.45, 7) is 7.47. The highest BCUT2D eigenvalue weighted by atomic mass is 16.5. The van der Waals surface area contributed by atoms with E-state index in [2.05, 4.69) is 32.9 Å². The Kier molecular flexibility index (Phi) is 6.08. The molecule has 1 aliphatic rings. The number of aromatic nitrogens is 1. The van der Waals surface area contributed by atoms with Crippen molar-refractivity contribution in [3.8, 4) is 0 Å². The molecule has 2 aromatic rings. The number of ether oxygens (including phenoxy) is 1. The third-order valence-corrected chi connectivity index (χ3v) is 5.52. The summed E-state index contributed by atoms with van der Waals surface area (Å²) >= 11 is 0. The van der Waals surface area contributed by atoms with Gasteiger partial charge >= 0.3 is 5.97 Å². The quantitative estimate of drug-likeness (QED) is 0.580. The van der Waals surface area contributed by atoms with E-state index in [1.54, 1.807) is 0 Å². The highest BCUT2D eigenvalue weighted by Gasteiger charge is 2.33. The fourth-order valence-corrected chi connectivity index (χ4v) is 3.99. The SMILES string of the molecule is CC(C)[C@@H]1CC[C@@H](C)C[C@H]1OC(=O)c1ccc[n+](Cc2ccccc2)c1. The highest BCUT2D eigenvalue weighted by Crippen LogP contribution is 2.35. The minimum atomic E-state index is -0.197. The Labute approximate surface area is 157 Å². The highest BCUT2D eigenvalue weighted by molar-refractivity contribution is 5.88. The molecule has 1 aromatic carbocycles. The van der Waals surface area contributed by atoms with Crippen molar-refractivity contribution < 1.29 is 14.1 Å². The second-order valence-electron chi connectivity index (χ2n) is 8.02. The monoisotopic (exact) mass is 352 g/mol. The van der Waals surface area contributed by atoms with Gasteiger partial charge < -0.3 is 4.74 Å². The summed E-state index contributed by atoms with van der Waals surface area (Å²) in [7, 11) is 0. The first kappa shape index (κ1) is 18.6. The number of pyridine rings is 1. The van der Waals surface area contributed by atoms with Gasteiger partial charge in [-0.05, 0) is 36.7 Å². The molecule has 138 valence electrons. The van der Waals surface area contributed by atoms with Crippen LogP contribution in [0.3, 0.4) is 0 Å². The normalized spacial score (nSPS) is 23.0. The van der Waals surface area contributed by atoms with Crippen LogP contribution in [0, 0.1) is 17.8 Å². The van der Waals surface area contributed by atoms with Crippen LogP contribution in [-0.4, -0.2) is 12.1 Å².